The van der Waals surface area contributed by atoms with E-state index in [0.29, 0.717) is 28.4 Å². The number of rotatable bonds is 5. The van der Waals surface area contributed by atoms with Crippen LogP contribution < -0.4 is 9.64 Å². The van der Waals surface area contributed by atoms with Crippen molar-refractivity contribution in [2.45, 2.75) is 61.2 Å². The number of hydrogen-bond donors (Lipinski definition) is 0. The first-order valence-electron chi connectivity index (χ1n) is 9.67. The van der Waals surface area contributed by atoms with E-state index in [1.807, 2.05) is 0 Å². The van der Waals surface area contributed by atoms with Gasteiger partial charge in [-0.15, -0.1) is 0 Å². The van der Waals surface area contributed by atoms with Crippen molar-refractivity contribution in [3.8, 4) is 5.75 Å². The summed E-state index contributed by atoms with van der Waals surface area (Å²) < 4.78 is 71.9. The third kappa shape index (κ3) is 3.54. The fraction of sp³-hybridized carbons (Fsp3) is 0.684. The molecule has 1 aromatic rings. The molecule has 10 heteroatoms. The lowest BCUT2D eigenvalue weighted by Gasteiger charge is -2.67. The van der Waals surface area contributed by atoms with Crippen molar-refractivity contribution in [1.29, 1.82) is 0 Å². The Kier molecular flexibility index (Phi) is 5.14. The van der Waals surface area contributed by atoms with Gasteiger partial charge in [-0.3, -0.25) is 0 Å². The van der Waals surface area contributed by atoms with Crippen LogP contribution in [0.1, 0.15) is 38.5 Å². The van der Waals surface area contributed by atoms with Gasteiger partial charge >= 0.3 is 6.18 Å². The second-order valence-electron chi connectivity index (χ2n) is 8.45. The molecular formula is C19H24BrF3N2O3S. The summed E-state index contributed by atoms with van der Waals surface area (Å²) in [4.78, 5) is 2.30. The third-order valence-corrected chi connectivity index (χ3v) is 9.22. The molecule has 1 atom stereocenters. The lowest BCUT2D eigenvalue weighted by Crippen LogP contribution is -2.69. The highest BCUT2D eigenvalue weighted by atomic mass is 79.9. The molecule has 0 spiro atoms. The maximum atomic E-state index is 13.4. The average molecular weight is 497 g/mol. The molecule has 29 heavy (non-hydrogen) atoms. The van der Waals surface area contributed by atoms with Crippen LogP contribution in [0.5, 0.6) is 5.75 Å². The Bertz CT molecular complexity index is 905. The maximum absolute atomic E-state index is 13.4. The zero-order chi connectivity index (χ0) is 21.2. The minimum atomic E-state index is -4.24. The van der Waals surface area contributed by atoms with Crippen LogP contribution in [-0.2, 0) is 10.0 Å². The van der Waals surface area contributed by atoms with Crippen LogP contribution in [0, 0.1) is 5.92 Å². The largest absolute Gasteiger partial charge is 0.496 e. The van der Waals surface area contributed by atoms with Crippen molar-refractivity contribution in [3.63, 3.8) is 0 Å². The lowest BCUT2D eigenvalue weighted by atomic mass is 9.49. The highest BCUT2D eigenvalue weighted by Gasteiger charge is 2.61. The molecule has 5 rings (SSSR count). The summed E-state index contributed by atoms with van der Waals surface area (Å²) in [6.07, 6.45) is -2.05. The second-order valence-corrected chi connectivity index (χ2v) is 11.3. The molecule has 0 amide bonds. The van der Waals surface area contributed by atoms with Crippen LogP contribution in [0.4, 0.5) is 18.9 Å². The van der Waals surface area contributed by atoms with Crippen LogP contribution in [0.3, 0.4) is 0 Å². The molecule has 2 bridgehead atoms. The van der Waals surface area contributed by atoms with Crippen molar-refractivity contribution in [1.82, 2.24) is 4.31 Å². The number of nitrogens with zero attached hydrogens (tertiary/aromatic N) is 2. The highest BCUT2D eigenvalue weighted by Crippen LogP contribution is 2.62. The van der Waals surface area contributed by atoms with Gasteiger partial charge in [0, 0.05) is 37.7 Å². The molecule has 0 aromatic heterocycles. The van der Waals surface area contributed by atoms with Gasteiger partial charge in [0.1, 0.15) is 10.6 Å². The molecule has 4 aliphatic rings. The topological polar surface area (TPSA) is 49.9 Å². The molecule has 0 radical (unpaired) electrons. The van der Waals surface area contributed by atoms with E-state index in [1.54, 1.807) is 6.07 Å². The number of fused-ring (bicyclic) bond motifs is 1. The summed E-state index contributed by atoms with van der Waals surface area (Å²) in [6, 6.07) is 2.77. The highest BCUT2D eigenvalue weighted by molar-refractivity contribution is 9.10. The molecule has 1 aliphatic heterocycles. The number of anilines is 1. The van der Waals surface area contributed by atoms with Crippen molar-refractivity contribution < 1.29 is 26.3 Å². The van der Waals surface area contributed by atoms with E-state index in [0.717, 1.165) is 19.3 Å². The van der Waals surface area contributed by atoms with Crippen LogP contribution in [0.15, 0.2) is 21.5 Å². The summed E-state index contributed by atoms with van der Waals surface area (Å²) in [6.45, 7) is 0.395. The molecule has 1 heterocycles. The molecule has 3 aliphatic carbocycles. The number of hydrogen-bond acceptors (Lipinski definition) is 4. The maximum Gasteiger partial charge on any atom is 0.389 e. The Morgan fingerprint density at radius 3 is 2.45 bits per heavy atom. The predicted molar refractivity (Wildman–Crippen MR) is 107 cm³/mol. The van der Waals surface area contributed by atoms with E-state index in [9.17, 15) is 21.6 Å². The van der Waals surface area contributed by atoms with Gasteiger partial charge in [-0.1, -0.05) is 0 Å². The van der Waals surface area contributed by atoms with Gasteiger partial charge < -0.3 is 9.64 Å². The summed E-state index contributed by atoms with van der Waals surface area (Å²) in [5, 5.41) is 0. The number of benzene rings is 1. The summed E-state index contributed by atoms with van der Waals surface area (Å²) >= 11 is 3.45. The summed E-state index contributed by atoms with van der Waals surface area (Å²) in [5.74, 6) is 1.09. The molecule has 5 nitrogen and oxygen atoms in total. The number of alkyl halides is 3. The zero-order valence-corrected chi connectivity index (χ0v) is 18.7. The number of methoxy groups -OCH3 is 1. The van der Waals surface area contributed by atoms with Crippen LogP contribution >= 0.6 is 15.9 Å². The summed E-state index contributed by atoms with van der Waals surface area (Å²) in [5.41, 5.74) is 0.539. The van der Waals surface area contributed by atoms with E-state index in [1.165, 1.54) is 24.5 Å². The van der Waals surface area contributed by atoms with Crippen molar-refractivity contribution in [2.75, 3.05) is 25.6 Å². The van der Waals surface area contributed by atoms with Gasteiger partial charge in [-0.2, -0.15) is 17.5 Å². The minimum absolute atomic E-state index is 0.0730. The monoisotopic (exact) mass is 496 g/mol. The van der Waals surface area contributed by atoms with E-state index in [2.05, 4.69) is 20.8 Å². The SMILES string of the molecule is COc1cc2c(cc1Br)N(C13CC(C1)C3)CC(CCCC(F)(F)F)N(C)S2(=O)=O. The van der Waals surface area contributed by atoms with E-state index in [4.69, 9.17) is 4.74 Å². The fourth-order valence-electron chi connectivity index (χ4n) is 4.90. The number of halogens is 4. The smallest absolute Gasteiger partial charge is 0.389 e. The molecule has 3 saturated carbocycles. The predicted octanol–water partition coefficient (Wildman–Crippen LogP) is 4.55. The first-order valence-corrected chi connectivity index (χ1v) is 11.9. The third-order valence-electron chi connectivity index (χ3n) is 6.66. The van der Waals surface area contributed by atoms with E-state index < -0.39 is 28.7 Å². The molecule has 0 N–H and O–H groups in total. The van der Waals surface area contributed by atoms with Gasteiger partial charge in [0.2, 0.25) is 10.0 Å². The standard InChI is InChI=1S/C19H24BrF3N2O3S/c1-24-13(4-3-5-19(21,22)23)11-25(18-8-12(9-18)10-18)15-6-14(20)16(28-2)7-17(15)29(24,26)27/h6-7,12-13H,3-5,8-11H2,1-2H3. The quantitative estimate of drug-likeness (QED) is 0.599. The molecule has 3 fully saturated rings. The van der Waals surface area contributed by atoms with Gasteiger partial charge in [-0.05, 0) is 60.0 Å². The van der Waals surface area contributed by atoms with E-state index >= 15 is 0 Å². The van der Waals surface area contributed by atoms with Gasteiger partial charge in [0.15, 0.2) is 0 Å². The van der Waals surface area contributed by atoms with Crippen molar-refractivity contribution >= 4 is 31.6 Å². The van der Waals surface area contributed by atoms with Gasteiger partial charge in [0.05, 0.1) is 17.3 Å². The van der Waals surface area contributed by atoms with Crippen LogP contribution in [0.2, 0.25) is 0 Å². The Balaban J connectivity index is 1.74. The Morgan fingerprint density at radius 2 is 1.93 bits per heavy atom. The molecule has 1 aromatic carbocycles. The Hall–Kier alpha value is -1.00. The van der Waals surface area contributed by atoms with E-state index in [-0.39, 0.29) is 23.3 Å². The number of likely N-dealkylation sites (N-methyl/N-ethyl adjacent to an activating group) is 1. The lowest BCUT2D eigenvalue weighted by molar-refractivity contribution is -0.136. The Morgan fingerprint density at radius 1 is 1.28 bits per heavy atom. The van der Waals surface area contributed by atoms with Crippen molar-refractivity contribution in [3.05, 3.63) is 16.6 Å². The Labute approximate surface area is 177 Å². The zero-order valence-electron chi connectivity index (χ0n) is 16.3. The summed E-state index contributed by atoms with van der Waals surface area (Å²) in [7, 11) is -0.932. The number of sulfonamides is 1. The molecule has 1 unspecified atom stereocenters. The minimum Gasteiger partial charge on any atom is -0.496 e. The number of ether oxygens (including phenoxy) is 1. The molecular weight excluding hydrogens is 473 g/mol. The first kappa shape index (κ1) is 21.2. The van der Waals surface area contributed by atoms with Crippen LogP contribution in [0.25, 0.3) is 0 Å². The average Bonchev–Trinajstić information content (AvgIpc) is 2.61. The first-order chi connectivity index (χ1) is 13.5. The second kappa shape index (κ2) is 7.02. The van der Waals surface area contributed by atoms with Crippen molar-refractivity contribution in [2.24, 2.45) is 5.92 Å². The van der Waals surface area contributed by atoms with Gasteiger partial charge in [-0.25, -0.2) is 8.42 Å². The molecule has 0 saturated heterocycles. The molecule has 162 valence electrons. The van der Waals surface area contributed by atoms with Crippen LogP contribution in [-0.4, -0.2) is 51.2 Å². The fourth-order valence-corrected chi connectivity index (χ4v) is 6.95. The van der Waals surface area contributed by atoms with Gasteiger partial charge in [0.25, 0.3) is 0 Å². The normalized spacial score (nSPS) is 30.8.